The van der Waals surface area contributed by atoms with Crippen LogP contribution in [0.4, 0.5) is 0 Å². The van der Waals surface area contributed by atoms with Gasteiger partial charge in [0.15, 0.2) is 0 Å². The Kier molecular flexibility index (Phi) is 6.88. The normalized spacial score (nSPS) is 20.0. The summed E-state index contributed by atoms with van der Waals surface area (Å²) in [5.41, 5.74) is 2.14. The van der Waals surface area contributed by atoms with Crippen molar-refractivity contribution in [3.8, 4) is 5.75 Å². The third kappa shape index (κ3) is 5.48. The van der Waals surface area contributed by atoms with Crippen molar-refractivity contribution in [3.05, 3.63) is 29.3 Å². The van der Waals surface area contributed by atoms with E-state index in [1.54, 1.807) is 0 Å². The molecule has 0 bridgehead atoms. The highest BCUT2D eigenvalue weighted by Crippen LogP contribution is 2.23. The summed E-state index contributed by atoms with van der Waals surface area (Å²) in [5.74, 6) is 0.801. The van der Waals surface area contributed by atoms with Gasteiger partial charge in [-0.3, -0.25) is 4.90 Å². The highest BCUT2D eigenvalue weighted by molar-refractivity contribution is 5.37. The minimum absolute atomic E-state index is 0.0264. The number of rotatable bonds is 6. The molecular formula is C19H32N2O2. The molecule has 1 heterocycles. The number of ether oxygens (including phenoxy) is 1. The van der Waals surface area contributed by atoms with E-state index in [1.807, 2.05) is 19.9 Å². The lowest BCUT2D eigenvalue weighted by Crippen LogP contribution is -2.30. The van der Waals surface area contributed by atoms with E-state index in [0.29, 0.717) is 6.04 Å². The second kappa shape index (κ2) is 8.67. The van der Waals surface area contributed by atoms with Gasteiger partial charge in [-0.1, -0.05) is 6.07 Å². The van der Waals surface area contributed by atoms with Crippen molar-refractivity contribution in [3.63, 3.8) is 0 Å². The molecule has 0 saturated carbocycles. The first-order valence-corrected chi connectivity index (χ1v) is 8.77. The average molecular weight is 320 g/mol. The molecule has 0 radical (unpaired) electrons. The Bertz CT molecular complexity index is 488. The van der Waals surface area contributed by atoms with Crippen LogP contribution in [0.5, 0.6) is 5.75 Å². The third-order valence-electron chi connectivity index (χ3n) is 4.58. The predicted octanol–water partition coefficient (Wildman–Crippen LogP) is 2.88. The van der Waals surface area contributed by atoms with Gasteiger partial charge in [0.25, 0.3) is 0 Å². The molecule has 1 fully saturated rings. The molecule has 1 saturated heterocycles. The maximum atomic E-state index is 9.60. The van der Waals surface area contributed by atoms with Crippen LogP contribution in [-0.2, 0) is 13.2 Å². The molecule has 0 aliphatic carbocycles. The highest BCUT2D eigenvalue weighted by atomic mass is 16.5. The Labute approximate surface area is 141 Å². The van der Waals surface area contributed by atoms with Crippen LogP contribution in [0, 0.1) is 0 Å². The number of nitrogens with zero attached hydrogens (tertiary/aromatic N) is 2. The largest absolute Gasteiger partial charge is 0.491 e. The van der Waals surface area contributed by atoms with Crippen LogP contribution in [-0.4, -0.2) is 54.2 Å². The first kappa shape index (κ1) is 18.2. The summed E-state index contributed by atoms with van der Waals surface area (Å²) in [4.78, 5) is 4.88. The summed E-state index contributed by atoms with van der Waals surface area (Å²) in [6, 6.07) is 6.92. The fourth-order valence-corrected chi connectivity index (χ4v) is 3.29. The summed E-state index contributed by atoms with van der Waals surface area (Å²) in [7, 11) is 4.36. The van der Waals surface area contributed by atoms with Crippen molar-refractivity contribution >= 4 is 0 Å². The molecule has 1 atom stereocenters. The highest BCUT2D eigenvalue weighted by Gasteiger charge is 2.18. The zero-order valence-electron chi connectivity index (χ0n) is 15.1. The van der Waals surface area contributed by atoms with Crippen LogP contribution in [0.2, 0.25) is 0 Å². The molecule has 2 rings (SSSR count). The van der Waals surface area contributed by atoms with Crippen molar-refractivity contribution in [2.75, 3.05) is 27.2 Å². The lowest BCUT2D eigenvalue weighted by atomic mass is 10.1. The van der Waals surface area contributed by atoms with E-state index >= 15 is 0 Å². The molecule has 1 aliphatic heterocycles. The van der Waals surface area contributed by atoms with Crippen LogP contribution >= 0.6 is 0 Å². The number of aliphatic hydroxyl groups excluding tert-OH is 1. The molecule has 1 unspecified atom stereocenters. The molecule has 1 aliphatic rings. The van der Waals surface area contributed by atoms with Gasteiger partial charge in [0.1, 0.15) is 5.75 Å². The Hall–Kier alpha value is -1.10. The lowest BCUT2D eigenvalue weighted by Gasteiger charge is -2.23. The van der Waals surface area contributed by atoms with Crippen LogP contribution < -0.4 is 4.74 Å². The quantitative estimate of drug-likeness (QED) is 0.874. The SMILES string of the molecule is CC(C)Oc1ccc(CN2CCCC(N(C)C)CC2)cc1CO. The fraction of sp³-hybridized carbons (Fsp3) is 0.684. The van der Waals surface area contributed by atoms with Gasteiger partial charge in [-0.2, -0.15) is 0 Å². The average Bonchev–Trinajstić information content (AvgIpc) is 2.74. The van der Waals surface area contributed by atoms with Crippen molar-refractivity contribution in [1.82, 2.24) is 9.80 Å². The number of hydrogen-bond donors (Lipinski definition) is 1. The van der Waals surface area contributed by atoms with Gasteiger partial charge in [-0.15, -0.1) is 0 Å². The van der Waals surface area contributed by atoms with E-state index < -0.39 is 0 Å². The number of hydrogen-bond acceptors (Lipinski definition) is 4. The van der Waals surface area contributed by atoms with Gasteiger partial charge in [0, 0.05) is 18.2 Å². The maximum Gasteiger partial charge on any atom is 0.125 e. The molecule has 0 spiro atoms. The lowest BCUT2D eigenvalue weighted by molar-refractivity contribution is 0.224. The second-order valence-corrected chi connectivity index (χ2v) is 7.09. The van der Waals surface area contributed by atoms with Crippen molar-refractivity contribution in [2.45, 2.75) is 58.4 Å². The van der Waals surface area contributed by atoms with Gasteiger partial charge in [0.05, 0.1) is 12.7 Å². The number of benzene rings is 1. The zero-order chi connectivity index (χ0) is 16.8. The summed E-state index contributed by atoms with van der Waals surface area (Å²) >= 11 is 0. The van der Waals surface area contributed by atoms with E-state index in [-0.39, 0.29) is 12.7 Å². The first-order valence-electron chi connectivity index (χ1n) is 8.77. The molecule has 1 aromatic carbocycles. The fourth-order valence-electron chi connectivity index (χ4n) is 3.29. The third-order valence-corrected chi connectivity index (χ3v) is 4.58. The topological polar surface area (TPSA) is 35.9 Å². The van der Waals surface area contributed by atoms with Crippen LogP contribution in [0.1, 0.15) is 44.2 Å². The van der Waals surface area contributed by atoms with E-state index in [4.69, 9.17) is 4.74 Å². The molecular weight excluding hydrogens is 288 g/mol. The molecule has 23 heavy (non-hydrogen) atoms. The van der Waals surface area contributed by atoms with E-state index in [0.717, 1.165) is 30.9 Å². The summed E-state index contributed by atoms with van der Waals surface area (Å²) in [6.07, 6.45) is 3.89. The first-order chi connectivity index (χ1) is 11.0. The second-order valence-electron chi connectivity index (χ2n) is 7.09. The summed E-state index contributed by atoms with van der Waals surface area (Å²) < 4.78 is 5.76. The van der Waals surface area contributed by atoms with Crippen molar-refractivity contribution in [1.29, 1.82) is 0 Å². The number of likely N-dealkylation sites (tertiary alicyclic amines) is 1. The molecule has 0 aromatic heterocycles. The Morgan fingerprint density at radius 1 is 1.26 bits per heavy atom. The van der Waals surface area contributed by atoms with Crippen molar-refractivity contribution < 1.29 is 9.84 Å². The smallest absolute Gasteiger partial charge is 0.125 e. The molecule has 130 valence electrons. The monoisotopic (exact) mass is 320 g/mol. The van der Waals surface area contributed by atoms with Gasteiger partial charge < -0.3 is 14.7 Å². The standard InChI is InChI=1S/C19H32N2O2/c1-15(2)23-19-8-7-16(12-17(19)14-22)13-21-10-5-6-18(9-11-21)20(3)4/h7-8,12,15,18,22H,5-6,9-11,13-14H2,1-4H3. The van der Waals surface area contributed by atoms with Gasteiger partial charge >= 0.3 is 0 Å². The Balaban J connectivity index is 1.99. The molecule has 0 amide bonds. The minimum atomic E-state index is 0.0264. The summed E-state index contributed by atoms with van der Waals surface area (Å²) in [5, 5.41) is 9.60. The van der Waals surface area contributed by atoms with Crippen LogP contribution in [0.3, 0.4) is 0 Å². The van der Waals surface area contributed by atoms with Crippen molar-refractivity contribution in [2.24, 2.45) is 0 Å². The maximum absolute atomic E-state index is 9.60. The Morgan fingerprint density at radius 2 is 2.04 bits per heavy atom. The minimum Gasteiger partial charge on any atom is -0.491 e. The van der Waals surface area contributed by atoms with Gasteiger partial charge in [-0.25, -0.2) is 0 Å². The van der Waals surface area contributed by atoms with Crippen LogP contribution in [0.15, 0.2) is 18.2 Å². The van der Waals surface area contributed by atoms with Crippen LogP contribution in [0.25, 0.3) is 0 Å². The zero-order valence-corrected chi connectivity index (χ0v) is 15.1. The molecule has 1 aromatic rings. The molecule has 1 N–H and O–H groups in total. The van der Waals surface area contributed by atoms with E-state index in [2.05, 4.69) is 36.0 Å². The Morgan fingerprint density at radius 3 is 2.70 bits per heavy atom. The molecule has 4 nitrogen and oxygen atoms in total. The number of aliphatic hydroxyl groups is 1. The molecule has 4 heteroatoms. The summed E-state index contributed by atoms with van der Waals surface area (Å²) in [6.45, 7) is 7.29. The van der Waals surface area contributed by atoms with E-state index in [9.17, 15) is 5.11 Å². The van der Waals surface area contributed by atoms with Gasteiger partial charge in [-0.05, 0) is 78.0 Å². The van der Waals surface area contributed by atoms with Gasteiger partial charge in [0.2, 0.25) is 0 Å². The predicted molar refractivity (Wildman–Crippen MR) is 94.7 cm³/mol. The van der Waals surface area contributed by atoms with E-state index in [1.165, 1.54) is 24.8 Å².